The number of amides is 2. The highest BCUT2D eigenvalue weighted by Crippen LogP contribution is 2.25. The largest absolute Gasteiger partial charge is 0.323 e. The average Bonchev–Trinajstić information content (AvgIpc) is 3.28. The lowest BCUT2D eigenvalue weighted by molar-refractivity contribution is 0.262. The lowest BCUT2D eigenvalue weighted by atomic mass is 10.1. The van der Waals surface area contributed by atoms with Gasteiger partial charge in [0.2, 0.25) is 0 Å². The Bertz CT molecular complexity index is 1630. The van der Waals surface area contributed by atoms with Gasteiger partial charge in [0.25, 0.3) is 5.56 Å². The molecular formula is C25H18F2N6O2. The lowest BCUT2D eigenvalue weighted by Gasteiger charge is -2.12. The number of benzene rings is 3. The predicted molar refractivity (Wildman–Crippen MR) is 129 cm³/mol. The number of hydrogen-bond acceptors (Lipinski definition) is 4. The fourth-order valence-electron chi connectivity index (χ4n) is 3.68. The summed E-state index contributed by atoms with van der Waals surface area (Å²) in [5, 5.41) is 14.9. The SMILES string of the molecule is Cn1cc(-c2nn(-c3ccc(NC(=O)Nc4ccc(F)cc4F)cc3)c(=O)c3ccccc23)cn1. The topological polar surface area (TPSA) is 93.8 Å². The molecule has 0 radical (unpaired) electrons. The smallest absolute Gasteiger partial charge is 0.308 e. The second-order valence-corrected chi connectivity index (χ2v) is 7.76. The number of hydrogen-bond donors (Lipinski definition) is 2. The maximum Gasteiger partial charge on any atom is 0.323 e. The molecular weight excluding hydrogens is 454 g/mol. The number of aromatic nitrogens is 4. The number of urea groups is 1. The number of nitrogens with zero attached hydrogens (tertiary/aromatic N) is 4. The van der Waals surface area contributed by atoms with E-state index < -0.39 is 17.7 Å². The Balaban J connectivity index is 1.44. The third-order valence-electron chi connectivity index (χ3n) is 5.33. The molecule has 2 amide bonds. The van der Waals surface area contributed by atoms with Gasteiger partial charge in [-0.15, -0.1) is 0 Å². The summed E-state index contributed by atoms with van der Waals surface area (Å²) >= 11 is 0. The quantitative estimate of drug-likeness (QED) is 0.396. The predicted octanol–water partition coefficient (Wildman–Crippen LogP) is 4.71. The van der Waals surface area contributed by atoms with Gasteiger partial charge >= 0.3 is 6.03 Å². The van der Waals surface area contributed by atoms with Crippen LogP contribution in [0.3, 0.4) is 0 Å². The van der Waals surface area contributed by atoms with E-state index in [1.54, 1.807) is 54.3 Å². The first kappa shape index (κ1) is 22.0. The number of carbonyl (C=O) groups is 1. The Kier molecular flexibility index (Phi) is 5.54. The van der Waals surface area contributed by atoms with E-state index in [2.05, 4.69) is 20.8 Å². The molecule has 10 heteroatoms. The van der Waals surface area contributed by atoms with Gasteiger partial charge in [-0.25, -0.2) is 13.6 Å². The Morgan fingerprint density at radius 1 is 0.943 bits per heavy atom. The van der Waals surface area contributed by atoms with Crippen molar-refractivity contribution in [1.82, 2.24) is 19.6 Å². The molecule has 2 N–H and O–H groups in total. The number of rotatable bonds is 4. The van der Waals surface area contributed by atoms with E-state index in [9.17, 15) is 18.4 Å². The summed E-state index contributed by atoms with van der Waals surface area (Å²) in [4.78, 5) is 25.4. The van der Waals surface area contributed by atoms with Crippen LogP contribution in [0.1, 0.15) is 0 Å². The Labute approximate surface area is 197 Å². The first-order valence-corrected chi connectivity index (χ1v) is 10.5. The zero-order valence-electron chi connectivity index (χ0n) is 18.4. The van der Waals surface area contributed by atoms with Gasteiger partial charge in [-0.1, -0.05) is 18.2 Å². The molecule has 0 unspecified atom stereocenters. The van der Waals surface area contributed by atoms with Gasteiger partial charge in [0.15, 0.2) is 0 Å². The second-order valence-electron chi connectivity index (χ2n) is 7.76. The van der Waals surface area contributed by atoms with Crippen molar-refractivity contribution in [3.63, 3.8) is 0 Å². The molecule has 5 rings (SSSR count). The highest BCUT2D eigenvalue weighted by Gasteiger charge is 2.15. The molecule has 2 heterocycles. The van der Waals surface area contributed by atoms with Crippen LogP contribution in [0.15, 0.2) is 83.9 Å². The van der Waals surface area contributed by atoms with E-state index >= 15 is 0 Å². The summed E-state index contributed by atoms with van der Waals surface area (Å²) in [7, 11) is 1.80. The molecule has 0 aliphatic rings. The van der Waals surface area contributed by atoms with Gasteiger partial charge in [0.05, 0.1) is 23.0 Å². The van der Waals surface area contributed by atoms with Crippen molar-refractivity contribution < 1.29 is 13.6 Å². The first-order valence-electron chi connectivity index (χ1n) is 10.5. The summed E-state index contributed by atoms with van der Waals surface area (Å²) in [5.74, 6) is -1.63. The van der Waals surface area contributed by atoms with Crippen LogP contribution >= 0.6 is 0 Å². The zero-order valence-corrected chi connectivity index (χ0v) is 18.4. The Morgan fingerprint density at radius 2 is 1.69 bits per heavy atom. The van der Waals surface area contributed by atoms with Crippen molar-refractivity contribution in [3.8, 4) is 16.9 Å². The monoisotopic (exact) mass is 472 g/mol. The molecule has 2 aromatic heterocycles. The molecule has 0 atom stereocenters. The van der Waals surface area contributed by atoms with Gasteiger partial charge in [-0.2, -0.15) is 14.9 Å². The van der Waals surface area contributed by atoms with E-state index in [4.69, 9.17) is 0 Å². The van der Waals surface area contributed by atoms with Gasteiger partial charge < -0.3 is 10.6 Å². The van der Waals surface area contributed by atoms with Crippen molar-refractivity contribution in [2.45, 2.75) is 0 Å². The van der Waals surface area contributed by atoms with Gasteiger partial charge in [-0.3, -0.25) is 9.48 Å². The number of fused-ring (bicyclic) bond motifs is 1. The third-order valence-corrected chi connectivity index (χ3v) is 5.33. The molecule has 0 saturated carbocycles. The van der Waals surface area contributed by atoms with Crippen LogP contribution in [-0.2, 0) is 7.05 Å². The maximum atomic E-state index is 13.8. The average molecular weight is 472 g/mol. The Hall–Kier alpha value is -4.86. The number of carbonyl (C=O) groups excluding carboxylic acids is 1. The number of aryl methyl sites for hydroxylation is 1. The molecule has 0 saturated heterocycles. The minimum atomic E-state index is -0.887. The molecule has 5 aromatic rings. The lowest BCUT2D eigenvalue weighted by Crippen LogP contribution is -2.22. The first-order chi connectivity index (χ1) is 16.9. The molecule has 8 nitrogen and oxygen atoms in total. The van der Waals surface area contributed by atoms with Crippen molar-refractivity contribution in [1.29, 1.82) is 0 Å². The number of anilines is 2. The minimum absolute atomic E-state index is 0.157. The normalized spacial score (nSPS) is 10.9. The Morgan fingerprint density at radius 3 is 2.37 bits per heavy atom. The van der Waals surface area contributed by atoms with Crippen LogP contribution in [0, 0.1) is 11.6 Å². The van der Waals surface area contributed by atoms with Crippen molar-refractivity contribution in [3.05, 3.63) is 101 Å². The molecule has 3 aromatic carbocycles. The third kappa shape index (κ3) is 4.36. The highest BCUT2D eigenvalue weighted by atomic mass is 19.1. The molecule has 0 bridgehead atoms. The zero-order chi connectivity index (χ0) is 24.5. The fraction of sp³-hybridized carbons (Fsp3) is 0.0400. The van der Waals surface area contributed by atoms with E-state index in [1.165, 1.54) is 4.68 Å². The maximum absolute atomic E-state index is 13.8. The molecule has 0 spiro atoms. The van der Waals surface area contributed by atoms with Crippen LogP contribution in [0.5, 0.6) is 0 Å². The second kappa shape index (κ2) is 8.82. The highest BCUT2D eigenvalue weighted by molar-refractivity contribution is 6.00. The van der Waals surface area contributed by atoms with Gasteiger partial charge in [-0.05, 0) is 42.5 Å². The van der Waals surface area contributed by atoms with Crippen molar-refractivity contribution in [2.24, 2.45) is 7.05 Å². The fourth-order valence-corrected chi connectivity index (χ4v) is 3.68. The van der Waals surface area contributed by atoms with E-state index in [-0.39, 0.29) is 11.2 Å². The van der Waals surface area contributed by atoms with Crippen LogP contribution < -0.4 is 16.2 Å². The van der Waals surface area contributed by atoms with Crippen LogP contribution in [0.4, 0.5) is 25.0 Å². The van der Waals surface area contributed by atoms with Gasteiger partial charge in [0.1, 0.15) is 17.3 Å². The summed E-state index contributed by atoms with van der Waals surface area (Å²) in [6, 6.07) is 15.8. The summed E-state index contributed by atoms with van der Waals surface area (Å²) in [6.07, 6.45) is 3.50. The summed E-state index contributed by atoms with van der Waals surface area (Å²) < 4.78 is 29.8. The van der Waals surface area contributed by atoms with Crippen molar-refractivity contribution in [2.75, 3.05) is 10.6 Å². The van der Waals surface area contributed by atoms with Crippen LogP contribution in [0.2, 0.25) is 0 Å². The van der Waals surface area contributed by atoms with Crippen LogP contribution in [-0.4, -0.2) is 25.6 Å². The molecule has 174 valence electrons. The van der Waals surface area contributed by atoms with E-state index in [0.29, 0.717) is 33.9 Å². The van der Waals surface area contributed by atoms with E-state index in [1.807, 2.05) is 18.3 Å². The standard InChI is InChI=1S/C25H18F2N6O2/c1-32-14-15(13-28-32)23-19-4-2-3-5-20(19)24(34)33(31-23)18-9-7-17(8-10-18)29-25(35)30-22-11-6-16(26)12-21(22)27/h2-14H,1H3,(H2,29,30,35). The van der Waals surface area contributed by atoms with Gasteiger partial charge in [0, 0.05) is 35.9 Å². The van der Waals surface area contributed by atoms with Crippen LogP contribution in [0.25, 0.3) is 27.7 Å². The summed E-state index contributed by atoms with van der Waals surface area (Å²) in [6.45, 7) is 0. The minimum Gasteiger partial charge on any atom is -0.308 e. The molecule has 35 heavy (non-hydrogen) atoms. The molecule has 0 aliphatic carbocycles. The number of nitrogens with one attached hydrogen (secondary N) is 2. The van der Waals surface area contributed by atoms with E-state index in [0.717, 1.165) is 17.7 Å². The molecule has 0 aliphatic heterocycles. The molecule has 0 fully saturated rings. The number of halogens is 2. The van der Waals surface area contributed by atoms with Crippen molar-refractivity contribution >= 4 is 28.2 Å². The summed E-state index contributed by atoms with van der Waals surface area (Å²) in [5.41, 5.74) is 1.81.